The molecule has 0 bridgehead atoms. The lowest BCUT2D eigenvalue weighted by Crippen LogP contribution is -2.29. The van der Waals surface area contributed by atoms with E-state index in [2.05, 4.69) is 10.5 Å². The minimum atomic E-state index is -0.792. The SMILES string of the molecule is NC(=O)c1oc2ccccc2c1NC(=O)[C@H]1CC(c2ccccc2)=NO1. The van der Waals surface area contributed by atoms with Crippen molar-refractivity contribution >= 4 is 34.2 Å². The number of carbonyl (C=O) groups excluding carboxylic acids is 2. The van der Waals surface area contributed by atoms with Gasteiger partial charge in [-0.1, -0.05) is 47.6 Å². The molecule has 2 aromatic carbocycles. The molecule has 0 aliphatic carbocycles. The Balaban J connectivity index is 1.56. The van der Waals surface area contributed by atoms with Gasteiger partial charge in [0.15, 0.2) is 0 Å². The van der Waals surface area contributed by atoms with Gasteiger partial charge in [-0.2, -0.15) is 0 Å². The van der Waals surface area contributed by atoms with Crippen molar-refractivity contribution in [1.82, 2.24) is 0 Å². The van der Waals surface area contributed by atoms with Gasteiger partial charge in [0, 0.05) is 11.8 Å². The Morgan fingerprint density at radius 2 is 1.81 bits per heavy atom. The number of fused-ring (bicyclic) bond motifs is 1. The Hall–Kier alpha value is -3.61. The summed E-state index contributed by atoms with van der Waals surface area (Å²) in [5.74, 6) is -1.28. The van der Waals surface area contributed by atoms with E-state index in [4.69, 9.17) is 15.0 Å². The summed E-state index contributed by atoms with van der Waals surface area (Å²) >= 11 is 0. The van der Waals surface area contributed by atoms with Gasteiger partial charge in [-0.05, 0) is 17.7 Å². The lowest BCUT2D eigenvalue weighted by atomic mass is 10.0. The highest BCUT2D eigenvalue weighted by Crippen LogP contribution is 2.31. The van der Waals surface area contributed by atoms with Crippen molar-refractivity contribution in [2.45, 2.75) is 12.5 Å². The molecular weight excluding hydrogens is 334 g/mol. The number of carbonyl (C=O) groups is 2. The molecule has 0 radical (unpaired) electrons. The molecule has 1 atom stereocenters. The highest BCUT2D eigenvalue weighted by molar-refractivity contribution is 6.12. The van der Waals surface area contributed by atoms with Crippen LogP contribution >= 0.6 is 0 Å². The van der Waals surface area contributed by atoms with Crippen molar-refractivity contribution in [1.29, 1.82) is 0 Å². The molecule has 0 fully saturated rings. The third kappa shape index (κ3) is 2.79. The van der Waals surface area contributed by atoms with Crippen molar-refractivity contribution in [2.24, 2.45) is 10.9 Å². The Morgan fingerprint density at radius 3 is 2.58 bits per heavy atom. The second kappa shape index (κ2) is 6.36. The van der Waals surface area contributed by atoms with Gasteiger partial charge in [-0.25, -0.2) is 0 Å². The first-order valence-electron chi connectivity index (χ1n) is 8.04. The highest BCUT2D eigenvalue weighted by Gasteiger charge is 2.31. The van der Waals surface area contributed by atoms with Crippen LogP contribution in [0.4, 0.5) is 5.69 Å². The van der Waals surface area contributed by atoms with Crippen LogP contribution in [0.15, 0.2) is 64.2 Å². The summed E-state index contributed by atoms with van der Waals surface area (Å²) < 4.78 is 5.46. The smallest absolute Gasteiger partial charge is 0.286 e. The van der Waals surface area contributed by atoms with Crippen molar-refractivity contribution in [3.63, 3.8) is 0 Å². The van der Waals surface area contributed by atoms with Crippen LogP contribution in [-0.2, 0) is 9.63 Å². The molecule has 0 spiro atoms. The standard InChI is InChI=1S/C19H15N3O4/c20-18(23)17-16(12-8-4-5-9-14(12)25-17)21-19(24)15-10-13(22-26-15)11-6-2-1-3-7-11/h1-9,15H,10H2,(H2,20,23)(H,21,24)/t15-/m1/s1. The molecule has 0 saturated heterocycles. The maximum atomic E-state index is 12.6. The average Bonchev–Trinajstić information content (AvgIpc) is 3.28. The molecule has 1 aliphatic heterocycles. The molecule has 130 valence electrons. The first-order chi connectivity index (χ1) is 12.6. The summed E-state index contributed by atoms with van der Waals surface area (Å²) in [6.07, 6.45) is -0.461. The Bertz CT molecular complexity index is 1020. The number of hydrogen-bond acceptors (Lipinski definition) is 5. The molecule has 0 unspecified atom stereocenters. The van der Waals surface area contributed by atoms with Gasteiger partial charge < -0.3 is 20.3 Å². The number of anilines is 1. The molecular formula is C19H15N3O4. The fraction of sp³-hybridized carbons (Fsp3) is 0.105. The number of para-hydroxylation sites is 1. The van der Waals surface area contributed by atoms with Crippen LogP contribution in [0.2, 0.25) is 0 Å². The lowest BCUT2D eigenvalue weighted by Gasteiger charge is -2.09. The number of oxime groups is 1. The maximum absolute atomic E-state index is 12.6. The number of nitrogens with two attached hydrogens (primary N) is 1. The summed E-state index contributed by atoms with van der Waals surface area (Å²) in [6.45, 7) is 0. The normalized spacial score (nSPS) is 16.2. The fourth-order valence-corrected chi connectivity index (χ4v) is 2.87. The van der Waals surface area contributed by atoms with E-state index >= 15 is 0 Å². The minimum Gasteiger partial charge on any atom is -0.449 e. The predicted octanol–water partition coefficient (Wildman–Crippen LogP) is 2.66. The van der Waals surface area contributed by atoms with E-state index in [1.54, 1.807) is 24.3 Å². The number of primary amides is 1. The Kier molecular flexibility index (Phi) is 3.89. The number of hydrogen-bond donors (Lipinski definition) is 2. The van der Waals surface area contributed by atoms with Gasteiger partial charge in [-0.15, -0.1) is 0 Å². The summed E-state index contributed by atoms with van der Waals surface area (Å²) in [5, 5.41) is 7.29. The molecule has 2 amide bonds. The molecule has 3 N–H and O–H groups in total. The van der Waals surface area contributed by atoms with Gasteiger partial charge in [0.05, 0.1) is 5.71 Å². The number of amides is 2. The van der Waals surface area contributed by atoms with E-state index in [0.29, 0.717) is 23.1 Å². The number of benzene rings is 2. The summed E-state index contributed by atoms with van der Waals surface area (Å²) in [5.41, 5.74) is 7.67. The van der Waals surface area contributed by atoms with Crippen molar-refractivity contribution in [2.75, 3.05) is 5.32 Å². The summed E-state index contributed by atoms with van der Waals surface area (Å²) in [6, 6.07) is 16.5. The molecule has 7 heteroatoms. The van der Waals surface area contributed by atoms with Gasteiger partial charge in [0.1, 0.15) is 11.3 Å². The second-order valence-electron chi connectivity index (χ2n) is 5.86. The molecule has 26 heavy (non-hydrogen) atoms. The number of furan rings is 1. The van der Waals surface area contributed by atoms with Crippen LogP contribution in [-0.4, -0.2) is 23.6 Å². The van der Waals surface area contributed by atoms with Gasteiger partial charge in [-0.3, -0.25) is 9.59 Å². The van der Waals surface area contributed by atoms with Crippen LogP contribution < -0.4 is 11.1 Å². The molecule has 1 aliphatic rings. The minimum absolute atomic E-state index is 0.0956. The van der Waals surface area contributed by atoms with Crippen molar-refractivity contribution in [3.8, 4) is 0 Å². The monoisotopic (exact) mass is 349 g/mol. The largest absolute Gasteiger partial charge is 0.449 e. The van der Waals surface area contributed by atoms with Crippen molar-refractivity contribution in [3.05, 3.63) is 65.9 Å². The van der Waals surface area contributed by atoms with E-state index in [-0.39, 0.29) is 11.4 Å². The fourth-order valence-electron chi connectivity index (χ4n) is 2.87. The third-order valence-corrected chi connectivity index (χ3v) is 4.14. The zero-order valence-electron chi connectivity index (χ0n) is 13.6. The number of nitrogens with zero attached hydrogens (tertiary/aromatic N) is 1. The molecule has 4 rings (SSSR count). The van der Waals surface area contributed by atoms with Crippen LogP contribution in [0.25, 0.3) is 11.0 Å². The first-order valence-corrected chi connectivity index (χ1v) is 8.04. The summed E-state index contributed by atoms with van der Waals surface area (Å²) in [7, 11) is 0. The van der Waals surface area contributed by atoms with Gasteiger partial charge >= 0.3 is 0 Å². The molecule has 1 aromatic heterocycles. The molecule has 2 heterocycles. The zero-order valence-corrected chi connectivity index (χ0v) is 13.6. The van der Waals surface area contributed by atoms with E-state index in [9.17, 15) is 9.59 Å². The molecule has 0 saturated carbocycles. The maximum Gasteiger partial charge on any atom is 0.286 e. The van der Waals surface area contributed by atoms with Crippen LogP contribution in [0.3, 0.4) is 0 Å². The van der Waals surface area contributed by atoms with Crippen LogP contribution in [0, 0.1) is 0 Å². The quantitative estimate of drug-likeness (QED) is 0.755. The average molecular weight is 349 g/mol. The van der Waals surface area contributed by atoms with Crippen LogP contribution in [0.1, 0.15) is 22.5 Å². The van der Waals surface area contributed by atoms with Gasteiger partial charge in [0.2, 0.25) is 11.9 Å². The van der Waals surface area contributed by atoms with E-state index in [0.717, 1.165) is 5.56 Å². The molecule has 3 aromatic rings. The lowest BCUT2D eigenvalue weighted by molar-refractivity contribution is -0.125. The molecule has 7 nitrogen and oxygen atoms in total. The van der Waals surface area contributed by atoms with Crippen LogP contribution in [0.5, 0.6) is 0 Å². The van der Waals surface area contributed by atoms with Crippen molar-refractivity contribution < 1.29 is 18.8 Å². The first kappa shape index (κ1) is 15.9. The van der Waals surface area contributed by atoms with E-state index in [1.165, 1.54) is 0 Å². The van der Waals surface area contributed by atoms with E-state index < -0.39 is 17.9 Å². The Morgan fingerprint density at radius 1 is 1.08 bits per heavy atom. The van der Waals surface area contributed by atoms with Gasteiger partial charge in [0.25, 0.3) is 11.8 Å². The third-order valence-electron chi connectivity index (χ3n) is 4.14. The van der Waals surface area contributed by atoms with E-state index in [1.807, 2.05) is 30.3 Å². The Labute approximate surface area is 148 Å². The summed E-state index contributed by atoms with van der Waals surface area (Å²) in [4.78, 5) is 29.5. The predicted molar refractivity (Wildman–Crippen MR) is 95.8 cm³/mol. The number of rotatable bonds is 4. The number of nitrogens with one attached hydrogen (secondary N) is 1. The zero-order chi connectivity index (χ0) is 18.1. The topological polar surface area (TPSA) is 107 Å². The highest BCUT2D eigenvalue weighted by atomic mass is 16.6. The second-order valence-corrected chi connectivity index (χ2v) is 5.86.